The van der Waals surface area contributed by atoms with E-state index in [4.69, 9.17) is 14.2 Å². The fourth-order valence-corrected chi connectivity index (χ4v) is 9.53. The van der Waals surface area contributed by atoms with Gasteiger partial charge in [-0.15, -0.1) is 0 Å². The smallest absolute Gasteiger partial charge is 0.306 e. The van der Waals surface area contributed by atoms with Crippen molar-refractivity contribution in [1.29, 1.82) is 0 Å². The van der Waals surface area contributed by atoms with E-state index in [0.29, 0.717) is 19.3 Å². The maximum Gasteiger partial charge on any atom is 0.306 e. The second-order valence-corrected chi connectivity index (χ2v) is 22.0. The molecule has 0 saturated carbocycles. The van der Waals surface area contributed by atoms with Crippen molar-refractivity contribution in [3.8, 4) is 0 Å². The highest BCUT2D eigenvalue weighted by Crippen LogP contribution is 2.17. The summed E-state index contributed by atoms with van der Waals surface area (Å²) in [7, 11) is 0. The number of esters is 3. The first-order valence-electron chi connectivity index (χ1n) is 32.9. The summed E-state index contributed by atoms with van der Waals surface area (Å²) in [5.74, 6) is -0.874. The van der Waals surface area contributed by atoms with Crippen molar-refractivity contribution in [1.82, 2.24) is 0 Å². The number of hydrogen-bond donors (Lipinski definition) is 0. The van der Waals surface area contributed by atoms with E-state index >= 15 is 0 Å². The highest BCUT2D eigenvalue weighted by Gasteiger charge is 2.19. The van der Waals surface area contributed by atoms with Crippen LogP contribution in [0, 0.1) is 0 Å². The maximum atomic E-state index is 12.9. The van der Waals surface area contributed by atoms with Gasteiger partial charge in [0.25, 0.3) is 0 Å². The lowest BCUT2D eigenvalue weighted by Gasteiger charge is -2.18. The van der Waals surface area contributed by atoms with Crippen LogP contribution in [-0.4, -0.2) is 37.2 Å². The number of carbonyl (C=O) groups is 3. The molecule has 6 heteroatoms. The van der Waals surface area contributed by atoms with Crippen molar-refractivity contribution in [3.63, 3.8) is 0 Å². The highest BCUT2D eigenvalue weighted by molar-refractivity contribution is 5.71. The molecule has 0 spiro atoms. The Labute approximate surface area is 472 Å². The van der Waals surface area contributed by atoms with Crippen LogP contribution in [0.4, 0.5) is 0 Å². The summed E-state index contributed by atoms with van der Waals surface area (Å²) in [4.78, 5) is 38.4. The van der Waals surface area contributed by atoms with Gasteiger partial charge < -0.3 is 14.2 Å². The molecule has 0 amide bonds. The lowest BCUT2D eigenvalue weighted by Crippen LogP contribution is -2.30. The second kappa shape index (κ2) is 64.4. The van der Waals surface area contributed by atoms with E-state index in [1.807, 2.05) is 0 Å². The molecule has 1 atom stereocenters. The summed E-state index contributed by atoms with van der Waals surface area (Å²) < 4.78 is 17.0. The minimum Gasteiger partial charge on any atom is -0.462 e. The third-order valence-corrected chi connectivity index (χ3v) is 14.4. The molecule has 1 unspecified atom stereocenters. The zero-order valence-electron chi connectivity index (χ0n) is 50.5. The predicted octanol–water partition coefficient (Wildman–Crippen LogP) is 22.5. The van der Waals surface area contributed by atoms with Crippen LogP contribution >= 0.6 is 0 Å². The normalized spacial score (nSPS) is 12.5. The van der Waals surface area contributed by atoms with Crippen LogP contribution < -0.4 is 0 Å². The van der Waals surface area contributed by atoms with Crippen molar-refractivity contribution < 1.29 is 28.6 Å². The number of unbranched alkanes of at least 4 members (excludes halogenated alkanes) is 37. The average Bonchev–Trinajstić information content (AvgIpc) is 3.42. The van der Waals surface area contributed by atoms with Crippen LogP contribution in [0.25, 0.3) is 0 Å². The molecule has 440 valence electrons. The first kappa shape index (κ1) is 72.8. The van der Waals surface area contributed by atoms with Crippen LogP contribution in [-0.2, 0) is 28.6 Å². The molecule has 0 aliphatic carbocycles. The largest absolute Gasteiger partial charge is 0.462 e. The molecule has 0 aromatic heterocycles. The Morgan fingerprint density at radius 2 is 0.513 bits per heavy atom. The van der Waals surface area contributed by atoms with Crippen LogP contribution in [0.2, 0.25) is 0 Å². The molecule has 0 rings (SSSR count). The zero-order chi connectivity index (χ0) is 55.0. The fourth-order valence-electron chi connectivity index (χ4n) is 9.53. The highest BCUT2D eigenvalue weighted by atomic mass is 16.6. The van der Waals surface area contributed by atoms with Crippen molar-refractivity contribution in [2.24, 2.45) is 0 Å². The molecule has 0 aliphatic rings. The second-order valence-electron chi connectivity index (χ2n) is 22.0. The maximum absolute atomic E-state index is 12.9. The Kier molecular flexibility index (Phi) is 61.7. The molecule has 0 aromatic rings. The summed E-state index contributed by atoms with van der Waals surface area (Å²) in [6.45, 7) is 6.56. The van der Waals surface area contributed by atoms with E-state index in [2.05, 4.69) is 93.7 Å². The van der Waals surface area contributed by atoms with Gasteiger partial charge in [-0.1, -0.05) is 299 Å². The number of hydrogen-bond acceptors (Lipinski definition) is 6. The molecule has 0 heterocycles. The van der Waals surface area contributed by atoms with E-state index < -0.39 is 6.10 Å². The minimum absolute atomic E-state index is 0.0779. The fraction of sp³-hybridized carbons (Fsp3) is 0.786. The molecule has 0 bridgehead atoms. The van der Waals surface area contributed by atoms with Crippen LogP contribution in [0.3, 0.4) is 0 Å². The van der Waals surface area contributed by atoms with Gasteiger partial charge in [-0.3, -0.25) is 14.4 Å². The van der Waals surface area contributed by atoms with Gasteiger partial charge in [0.1, 0.15) is 13.2 Å². The quantitative estimate of drug-likeness (QED) is 0.0261. The van der Waals surface area contributed by atoms with Gasteiger partial charge in [-0.25, -0.2) is 0 Å². The summed E-state index contributed by atoms with van der Waals surface area (Å²) >= 11 is 0. The van der Waals surface area contributed by atoms with Crippen molar-refractivity contribution >= 4 is 17.9 Å². The minimum atomic E-state index is -0.782. The van der Waals surface area contributed by atoms with Crippen LogP contribution in [0.1, 0.15) is 335 Å². The molecule has 6 nitrogen and oxygen atoms in total. The number of carbonyl (C=O) groups excluding carboxylic acids is 3. The molecule has 0 saturated heterocycles. The van der Waals surface area contributed by atoms with Crippen LogP contribution in [0.15, 0.2) is 72.9 Å². The Morgan fingerprint density at radius 1 is 0.276 bits per heavy atom. The summed E-state index contributed by atoms with van der Waals surface area (Å²) in [6, 6.07) is 0. The van der Waals surface area contributed by atoms with Gasteiger partial charge in [0.15, 0.2) is 6.10 Å². The topological polar surface area (TPSA) is 78.9 Å². The first-order valence-corrected chi connectivity index (χ1v) is 32.9. The van der Waals surface area contributed by atoms with Gasteiger partial charge in [0.05, 0.1) is 0 Å². The lowest BCUT2D eigenvalue weighted by atomic mass is 10.0. The third-order valence-electron chi connectivity index (χ3n) is 14.4. The number of allylic oxidation sites excluding steroid dienone is 12. The van der Waals surface area contributed by atoms with Crippen molar-refractivity contribution in [2.45, 2.75) is 341 Å². The Bertz CT molecular complexity index is 1400. The Morgan fingerprint density at radius 3 is 0.816 bits per heavy atom. The van der Waals surface area contributed by atoms with Gasteiger partial charge in [0, 0.05) is 19.3 Å². The van der Waals surface area contributed by atoms with Gasteiger partial charge in [-0.2, -0.15) is 0 Å². The Balaban J connectivity index is 4.37. The molecular weight excluding hydrogens is 937 g/mol. The molecule has 0 N–H and O–H groups in total. The third kappa shape index (κ3) is 61.7. The number of ether oxygens (including phenoxy) is 3. The van der Waals surface area contributed by atoms with Crippen molar-refractivity contribution in [3.05, 3.63) is 72.9 Å². The van der Waals surface area contributed by atoms with Gasteiger partial charge in [0.2, 0.25) is 0 Å². The standard InChI is InChI=1S/C70H124O6/c1-4-7-10-13-16-19-22-25-28-31-33-34-35-36-37-40-42-45-48-51-54-57-60-63-69(72)75-66-67(65-74-68(71)62-59-56-53-50-47-44-41-38-30-27-24-21-18-15-12-9-6-3)76-70(73)64-61-58-55-52-49-46-43-39-32-29-26-23-20-17-14-11-8-5-2/h7,10,16,19,25,27-28,30,33-34,36-37,67H,4-6,8-9,11-15,17-18,20-24,26,29,31-32,35,38-66H2,1-3H3/b10-7-,19-16-,28-25-,30-27-,34-33-,37-36-. The van der Waals surface area contributed by atoms with E-state index in [1.54, 1.807) is 0 Å². The van der Waals surface area contributed by atoms with Crippen molar-refractivity contribution in [2.75, 3.05) is 13.2 Å². The number of rotatable bonds is 60. The molecule has 0 aromatic carbocycles. The summed E-state index contributed by atoms with van der Waals surface area (Å²) in [6.07, 6.45) is 83.3. The molecule has 0 aliphatic heterocycles. The molecular formula is C70H124O6. The SMILES string of the molecule is CC/C=C\C/C=C\C/C=C\C/C=C\C/C=C\CCCCCCCCCC(=O)OCC(COC(=O)CCCCCCCCC/C=C\CCCCCCCC)OC(=O)CCCCCCCCCCCCCCCCCCCC. The van der Waals surface area contributed by atoms with Gasteiger partial charge >= 0.3 is 17.9 Å². The monoisotopic (exact) mass is 1060 g/mol. The zero-order valence-corrected chi connectivity index (χ0v) is 50.5. The molecule has 0 radical (unpaired) electrons. The predicted molar refractivity (Wildman–Crippen MR) is 330 cm³/mol. The first-order chi connectivity index (χ1) is 37.5. The molecule has 0 fully saturated rings. The summed E-state index contributed by atoms with van der Waals surface area (Å²) in [5.41, 5.74) is 0. The van der Waals surface area contributed by atoms with E-state index in [-0.39, 0.29) is 31.1 Å². The lowest BCUT2D eigenvalue weighted by molar-refractivity contribution is -0.167. The van der Waals surface area contributed by atoms with Crippen LogP contribution in [0.5, 0.6) is 0 Å². The van der Waals surface area contributed by atoms with E-state index in [0.717, 1.165) is 96.3 Å². The summed E-state index contributed by atoms with van der Waals surface area (Å²) in [5, 5.41) is 0. The Hall–Kier alpha value is -3.15. The van der Waals surface area contributed by atoms with E-state index in [9.17, 15) is 14.4 Å². The average molecular weight is 1060 g/mol. The molecule has 76 heavy (non-hydrogen) atoms. The van der Waals surface area contributed by atoms with Gasteiger partial charge in [-0.05, 0) is 89.9 Å². The van der Waals surface area contributed by atoms with E-state index in [1.165, 1.54) is 199 Å².